The minimum absolute atomic E-state index is 0.108. The highest BCUT2D eigenvalue weighted by Gasteiger charge is 2.56. The van der Waals surface area contributed by atoms with Crippen molar-refractivity contribution in [1.82, 2.24) is 15.3 Å². The van der Waals surface area contributed by atoms with Gasteiger partial charge in [0.25, 0.3) is 5.91 Å². The lowest BCUT2D eigenvalue weighted by Gasteiger charge is -2.21. The molecule has 3 heterocycles. The van der Waals surface area contributed by atoms with Crippen molar-refractivity contribution >= 4 is 29.1 Å². The summed E-state index contributed by atoms with van der Waals surface area (Å²) in [6, 6.07) is 7.63. The molecule has 0 spiro atoms. The predicted octanol–water partition coefficient (Wildman–Crippen LogP) is 2.54. The van der Waals surface area contributed by atoms with Crippen molar-refractivity contribution in [3.05, 3.63) is 41.7 Å². The van der Waals surface area contributed by atoms with Gasteiger partial charge in [0.15, 0.2) is 0 Å². The van der Waals surface area contributed by atoms with Crippen LogP contribution in [0.3, 0.4) is 0 Å². The minimum atomic E-state index is -0.870. The second-order valence-electron chi connectivity index (χ2n) is 7.55. The molecule has 1 aliphatic carbocycles. The number of carbonyl (C=O) groups excluding carboxylic acids is 2. The van der Waals surface area contributed by atoms with Crippen molar-refractivity contribution in [2.75, 3.05) is 23.8 Å². The first-order valence-electron chi connectivity index (χ1n) is 9.63. The lowest BCUT2D eigenvalue weighted by Crippen LogP contribution is -2.35. The smallest absolute Gasteiger partial charge is 0.252 e. The maximum Gasteiger partial charge on any atom is 0.252 e. The number of hydrogen-bond donors (Lipinski definition) is 2. The Hall–Kier alpha value is -3.47. The third-order valence-electron chi connectivity index (χ3n) is 5.72. The zero-order valence-corrected chi connectivity index (χ0v) is 16.4. The van der Waals surface area contributed by atoms with Gasteiger partial charge in [-0.3, -0.25) is 9.59 Å². The number of nitrogens with one attached hydrogen (secondary N) is 2. The number of nitriles is 1. The van der Waals surface area contributed by atoms with Crippen molar-refractivity contribution in [1.29, 1.82) is 5.26 Å². The molecule has 0 bridgehead atoms. The fourth-order valence-electron chi connectivity index (χ4n) is 3.92. The summed E-state index contributed by atoms with van der Waals surface area (Å²) in [5.41, 5.74) is 1.14. The first kappa shape index (κ1) is 18.9. The van der Waals surface area contributed by atoms with Crippen LogP contribution in [-0.2, 0) is 4.79 Å². The summed E-state index contributed by atoms with van der Waals surface area (Å²) in [5.74, 6) is 0.984. The van der Waals surface area contributed by atoms with Gasteiger partial charge < -0.3 is 15.5 Å². The van der Waals surface area contributed by atoms with Gasteiger partial charge in [0.1, 0.15) is 17.1 Å². The van der Waals surface area contributed by atoms with Crippen LogP contribution in [-0.4, -0.2) is 35.4 Å². The molecule has 0 radical (unpaired) electrons. The summed E-state index contributed by atoms with van der Waals surface area (Å²) in [6.07, 6.45) is 5.61. The van der Waals surface area contributed by atoms with Crippen LogP contribution in [0.15, 0.2) is 30.6 Å². The standard InChI is InChI=1S/C21H22N6O2/c1-13-9-17(25-11-16(13)19(28)23-2)26-18-10-15(5-7-24-18)27-8-6-21(12-22,20(27)29)14-3-4-14/h5,7,9-11,14H,3-4,6,8H2,1-2H3,(H,23,28)(H,24,25,26)/t21-/m1/s1. The molecule has 8 nitrogen and oxygen atoms in total. The summed E-state index contributed by atoms with van der Waals surface area (Å²) in [4.78, 5) is 35.1. The predicted molar refractivity (Wildman–Crippen MR) is 108 cm³/mol. The Bertz CT molecular complexity index is 1030. The van der Waals surface area contributed by atoms with Crippen LogP contribution in [0.25, 0.3) is 0 Å². The zero-order valence-electron chi connectivity index (χ0n) is 16.4. The maximum atomic E-state index is 13.0. The van der Waals surface area contributed by atoms with E-state index in [0.717, 1.165) is 18.4 Å². The second kappa shape index (κ2) is 7.17. The van der Waals surface area contributed by atoms with Crippen LogP contribution in [0.5, 0.6) is 0 Å². The molecule has 0 aromatic carbocycles. The van der Waals surface area contributed by atoms with Gasteiger partial charge in [-0.25, -0.2) is 9.97 Å². The van der Waals surface area contributed by atoms with Crippen LogP contribution in [0.1, 0.15) is 35.2 Å². The van der Waals surface area contributed by atoms with Gasteiger partial charge in [-0.15, -0.1) is 0 Å². The van der Waals surface area contributed by atoms with E-state index in [1.807, 2.05) is 6.92 Å². The van der Waals surface area contributed by atoms with Gasteiger partial charge in [0.2, 0.25) is 5.91 Å². The molecular formula is C21H22N6O2. The maximum absolute atomic E-state index is 13.0. The molecule has 2 fully saturated rings. The van der Waals surface area contributed by atoms with Crippen molar-refractivity contribution < 1.29 is 9.59 Å². The number of aryl methyl sites for hydroxylation is 1. The molecule has 0 unspecified atom stereocenters. The van der Waals surface area contributed by atoms with Gasteiger partial charge >= 0.3 is 0 Å². The second-order valence-corrected chi connectivity index (χ2v) is 7.55. The lowest BCUT2D eigenvalue weighted by molar-refractivity contribution is -0.123. The topological polar surface area (TPSA) is 111 Å². The third-order valence-corrected chi connectivity index (χ3v) is 5.72. The lowest BCUT2D eigenvalue weighted by atomic mass is 9.83. The van der Waals surface area contributed by atoms with Crippen molar-refractivity contribution in [2.45, 2.75) is 26.2 Å². The molecule has 29 heavy (non-hydrogen) atoms. The first-order valence-corrected chi connectivity index (χ1v) is 9.63. The molecule has 1 atom stereocenters. The molecule has 1 saturated heterocycles. The zero-order chi connectivity index (χ0) is 20.6. The quantitative estimate of drug-likeness (QED) is 0.812. The normalized spacial score (nSPS) is 21.0. The molecular weight excluding hydrogens is 368 g/mol. The van der Waals surface area contributed by atoms with E-state index in [1.54, 1.807) is 36.3 Å². The van der Waals surface area contributed by atoms with E-state index in [1.165, 1.54) is 6.20 Å². The van der Waals surface area contributed by atoms with Gasteiger partial charge in [0, 0.05) is 37.7 Å². The van der Waals surface area contributed by atoms with Gasteiger partial charge in [-0.05, 0) is 49.8 Å². The van der Waals surface area contributed by atoms with Crippen LogP contribution in [0.2, 0.25) is 0 Å². The molecule has 2 N–H and O–H groups in total. The molecule has 2 aromatic rings. The highest BCUT2D eigenvalue weighted by atomic mass is 16.2. The van der Waals surface area contributed by atoms with Gasteiger partial charge in [-0.2, -0.15) is 5.26 Å². The van der Waals surface area contributed by atoms with E-state index in [9.17, 15) is 14.9 Å². The monoisotopic (exact) mass is 390 g/mol. The summed E-state index contributed by atoms with van der Waals surface area (Å²) in [5, 5.41) is 15.4. The molecule has 8 heteroatoms. The fourth-order valence-corrected chi connectivity index (χ4v) is 3.92. The number of carbonyl (C=O) groups is 2. The van der Waals surface area contributed by atoms with Crippen LogP contribution in [0, 0.1) is 29.6 Å². The highest BCUT2D eigenvalue weighted by Crippen LogP contribution is 2.51. The first-order chi connectivity index (χ1) is 14.0. The third kappa shape index (κ3) is 3.29. The molecule has 4 rings (SSSR count). The minimum Gasteiger partial charge on any atom is -0.355 e. The molecule has 2 aromatic heterocycles. The SMILES string of the molecule is CNC(=O)c1cnc(Nc2cc(N3CC[C@@](C#N)(C4CC4)C3=O)ccn2)cc1C. The molecule has 1 aliphatic heterocycles. The summed E-state index contributed by atoms with van der Waals surface area (Å²) in [7, 11) is 1.58. The summed E-state index contributed by atoms with van der Waals surface area (Å²) in [6.45, 7) is 2.37. The molecule has 148 valence electrons. The number of anilines is 3. The molecule has 2 aliphatic rings. The van der Waals surface area contributed by atoms with E-state index < -0.39 is 5.41 Å². The van der Waals surface area contributed by atoms with E-state index >= 15 is 0 Å². The Kier molecular flexibility index (Phi) is 4.66. The largest absolute Gasteiger partial charge is 0.355 e. The number of amides is 2. The summed E-state index contributed by atoms with van der Waals surface area (Å²) >= 11 is 0. The van der Waals surface area contributed by atoms with Crippen LogP contribution >= 0.6 is 0 Å². The Morgan fingerprint density at radius 2 is 2.07 bits per heavy atom. The number of pyridine rings is 2. The number of nitrogens with zero attached hydrogens (tertiary/aromatic N) is 4. The highest BCUT2D eigenvalue weighted by molar-refractivity contribution is 6.02. The Balaban J connectivity index is 1.54. The van der Waals surface area contributed by atoms with Gasteiger partial charge in [0.05, 0.1) is 11.6 Å². The van der Waals surface area contributed by atoms with E-state index in [0.29, 0.717) is 35.9 Å². The van der Waals surface area contributed by atoms with Gasteiger partial charge in [-0.1, -0.05) is 0 Å². The summed E-state index contributed by atoms with van der Waals surface area (Å²) < 4.78 is 0. The average molecular weight is 390 g/mol. The number of aromatic nitrogens is 2. The van der Waals surface area contributed by atoms with E-state index in [2.05, 4.69) is 26.7 Å². The van der Waals surface area contributed by atoms with Crippen molar-refractivity contribution in [2.24, 2.45) is 11.3 Å². The van der Waals surface area contributed by atoms with Crippen LogP contribution < -0.4 is 15.5 Å². The fraction of sp³-hybridized carbons (Fsp3) is 0.381. The molecule has 1 saturated carbocycles. The van der Waals surface area contributed by atoms with E-state index in [4.69, 9.17) is 0 Å². The van der Waals surface area contributed by atoms with Crippen LogP contribution in [0.4, 0.5) is 17.3 Å². The van der Waals surface area contributed by atoms with Crippen molar-refractivity contribution in [3.8, 4) is 6.07 Å². The van der Waals surface area contributed by atoms with Crippen molar-refractivity contribution in [3.63, 3.8) is 0 Å². The van der Waals surface area contributed by atoms with E-state index in [-0.39, 0.29) is 17.7 Å². The Morgan fingerprint density at radius 3 is 2.72 bits per heavy atom. The Morgan fingerprint density at radius 1 is 1.31 bits per heavy atom. The average Bonchev–Trinajstić information content (AvgIpc) is 3.52. The number of rotatable bonds is 5. The Labute approximate surface area is 169 Å². The number of hydrogen-bond acceptors (Lipinski definition) is 6. The molecule has 2 amide bonds.